The molecule has 0 bridgehead atoms. The van der Waals surface area contributed by atoms with E-state index < -0.39 is 12.1 Å². The van der Waals surface area contributed by atoms with E-state index in [2.05, 4.69) is 24.0 Å². The molecule has 218 valence electrons. The van der Waals surface area contributed by atoms with Crippen molar-refractivity contribution in [2.75, 3.05) is 26.4 Å². The molecule has 0 saturated carbocycles. The number of hydrogen-bond donors (Lipinski definition) is 1. The number of amides is 3. The van der Waals surface area contributed by atoms with Crippen LogP contribution < -0.4 is 5.32 Å². The molecule has 9 heteroatoms. The van der Waals surface area contributed by atoms with Gasteiger partial charge in [-0.05, 0) is 12.8 Å². The molecule has 1 atom stereocenters. The minimum absolute atomic E-state index is 0.0134. The van der Waals surface area contributed by atoms with Crippen molar-refractivity contribution >= 4 is 24.4 Å². The first kappa shape index (κ1) is 37.0. The molecule has 0 aliphatic rings. The molecule has 0 fully saturated rings. The van der Waals surface area contributed by atoms with E-state index in [1.807, 2.05) is 13.8 Å². The van der Waals surface area contributed by atoms with Crippen LogP contribution in [0.15, 0.2) is 0 Å². The molecule has 0 aromatic heterocycles. The SMILES string of the molecule is CC.CCCCCCCCCC(CCCCCC)C(=O)NCCOCCOC(=O)ON(C=O)C(=O)CC. The van der Waals surface area contributed by atoms with Crippen molar-refractivity contribution in [1.82, 2.24) is 10.4 Å². The fraction of sp³-hybridized carbons (Fsp3) is 0.857. The maximum absolute atomic E-state index is 12.7. The van der Waals surface area contributed by atoms with Crippen molar-refractivity contribution in [3.8, 4) is 0 Å². The van der Waals surface area contributed by atoms with Crippen molar-refractivity contribution in [3.63, 3.8) is 0 Å². The molecule has 1 N–H and O–H groups in total. The highest BCUT2D eigenvalue weighted by Crippen LogP contribution is 2.19. The number of hydrogen-bond acceptors (Lipinski definition) is 7. The quantitative estimate of drug-likeness (QED) is 0.0752. The first-order chi connectivity index (χ1) is 18.0. The summed E-state index contributed by atoms with van der Waals surface area (Å²) in [5.41, 5.74) is 0. The van der Waals surface area contributed by atoms with Crippen molar-refractivity contribution in [2.45, 2.75) is 125 Å². The zero-order valence-corrected chi connectivity index (χ0v) is 24.2. The van der Waals surface area contributed by atoms with Gasteiger partial charge in [0, 0.05) is 18.9 Å². The Balaban J connectivity index is 0. The third-order valence-electron chi connectivity index (χ3n) is 5.74. The zero-order valence-electron chi connectivity index (χ0n) is 24.2. The smallest absolute Gasteiger partial charge is 0.430 e. The molecule has 0 aromatic rings. The minimum atomic E-state index is -1.16. The summed E-state index contributed by atoms with van der Waals surface area (Å²) in [5.74, 6) is -0.516. The van der Waals surface area contributed by atoms with Crippen LogP contribution in [0.1, 0.15) is 125 Å². The molecule has 0 aliphatic carbocycles. The molecular weight excluding hydrogens is 476 g/mol. The number of carbonyl (C=O) groups excluding carboxylic acids is 4. The molecule has 0 rings (SSSR count). The Labute approximate surface area is 225 Å². The van der Waals surface area contributed by atoms with Gasteiger partial charge in [0.25, 0.3) is 12.3 Å². The van der Waals surface area contributed by atoms with Crippen LogP contribution in [0.5, 0.6) is 0 Å². The minimum Gasteiger partial charge on any atom is -0.430 e. The number of carbonyl (C=O) groups is 4. The van der Waals surface area contributed by atoms with Gasteiger partial charge in [0.1, 0.15) is 6.61 Å². The summed E-state index contributed by atoms with van der Waals surface area (Å²) in [7, 11) is 0. The number of hydroxylamine groups is 2. The van der Waals surface area contributed by atoms with E-state index in [1.165, 1.54) is 64.7 Å². The Morgan fingerprint density at radius 3 is 1.86 bits per heavy atom. The predicted octanol–water partition coefficient (Wildman–Crippen LogP) is 6.34. The van der Waals surface area contributed by atoms with E-state index in [9.17, 15) is 19.2 Å². The van der Waals surface area contributed by atoms with Crippen molar-refractivity contribution in [2.24, 2.45) is 5.92 Å². The van der Waals surface area contributed by atoms with Gasteiger partial charge in [-0.25, -0.2) is 4.79 Å². The summed E-state index contributed by atoms with van der Waals surface area (Å²) in [6.07, 6.45) is 14.1. The number of ether oxygens (including phenoxy) is 2. The Kier molecular flexibility index (Phi) is 28.4. The van der Waals surface area contributed by atoms with Crippen LogP contribution in [-0.4, -0.2) is 55.8 Å². The summed E-state index contributed by atoms with van der Waals surface area (Å²) in [6, 6.07) is 0. The second-order valence-corrected chi connectivity index (χ2v) is 8.73. The van der Waals surface area contributed by atoms with Crippen LogP contribution in [0.25, 0.3) is 0 Å². The van der Waals surface area contributed by atoms with Crippen LogP contribution in [-0.2, 0) is 28.7 Å². The van der Waals surface area contributed by atoms with Crippen molar-refractivity contribution in [1.29, 1.82) is 0 Å². The van der Waals surface area contributed by atoms with Gasteiger partial charge in [-0.15, -0.1) is 5.06 Å². The maximum atomic E-state index is 12.7. The van der Waals surface area contributed by atoms with Crippen LogP contribution in [0, 0.1) is 5.92 Å². The lowest BCUT2D eigenvalue weighted by atomic mass is 9.93. The van der Waals surface area contributed by atoms with E-state index in [4.69, 9.17) is 9.47 Å². The van der Waals surface area contributed by atoms with Crippen LogP contribution in [0.2, 0.25) is 0 Å². The van der Waals surface area contributed by atoms with Gasteiger partial charge < -0.3 is 14.8 Å². The molecule has 0 saturated heterocycles. The highest BCUT2D eigenvalue weighted by atomic mass is 16.8. The van der Waals surface area contributed by atoms with Gasteiger partial charge in [-0.3, -0.25) is 19.2 Å². The third kappa shape index (κ3) is 22.7. The molecule has 0 aliphatic heterocycles. The summed E-state index contributed by atoms with van der Waals surface area (Å²) >= 11 is 0. The van der Waals surface area contributed by atoms with Crippen molar-refractivity contribution in [3.05, 3.63) is 0 Å². The van der Waals surface area contributed by atoms with Gasteiger partial charge in [0.15, 0.2) is 0 Å². The van der Waals surface area contributed by atoms with Crippen molar-refractivity contribution < 1.29 is 33.5 Å². The lowest BCUT2D eigenvalue weighted by Crippen LogP contribution is -2.34. The first-order valence-electron chi connectivity index (χ1n) is 14.5. The normalized spacial score (nSPS) is 11.1. The van der Waals surface area contributed by atoms with E-state index >= 15 is 0 Å². The Morgan fingerprint density at radius 1 is 0.784 bits per heavy atom. The molecular formula is C28H54N2O7. The molecule has 1 unspecified atom stereocenters. The van der Waals surface area contributed by atoms with Crippen LogP contribution >= 0.6 is 0 Å². The number of unbranched alkanes of at least 4 members (excludes halogenated alkanes) is 9. The van der Waals surface area contributed by atoms with E-state index in [0.29, 0.717) is 18.2 Å². The van der Waals surface area contributed by atoms with Gasteiger partial charge in [-0.1, -0.05) is 105 Å². The highest BCUT2D eigenvalue weighted by molar-refractivity contribution is 5.85. The number of rotatable bonds is 22. The predicted molar refractivity (Wildman–Crippen MR) is 146 cm³/mol. The summed E-state index contributed by atoms with van der Waals surface area (Å²) in [4.78, 5) is 50.7. The number of nitrogens with one attached hydrogen (secondary N) is 1. The van der Waals surface area contributed by atoms with E-state index in [0.717, 1.165) is 25.7 Å². The standard InChI is InChI=1S/C26H48N2O7.C2H6/c1-4-7-9-11-12-13-15-17-23(16-14-10-8-5-2)25(31)27-18-19-33-20-21-34-26(32)35-28(22-29)24(30)6-3;1-2/h22-23H,4-21H2,1-3H3,(H,27,31);1-2H3. The van der Waals surface area contributed by atoms with E-state index in [-0.39, 0.29) is 37.9 Å². The largest absolute Gasteiger partial charge is 0.534 e. The molecule has 0 heterocycles. The van der Waals surface area contributed by atoms with Gasteiger partial charge in [0.05, 0.1) is 13.2 Å². The molecule has 0 aromatic carbocycles. The molecule has 9 nitrogen and oxygen atoms in total. The second-order valence-electron chi connectivity index (χ2n) is 8.73. The summed E-state index contributed by atoms with van der Waals surface area (Å²) in [5, 5.41) is 3.26. The van der Waals surface area contributed by atoms with E-state index in [1.54, 1.807) is 0 Å². The fourth-order valence-electron chi connectivity index (χ4n) is 3.64. The third-order valence-corrected chi connectivity index (χ3v) is 5.74. The fourth-order valence-corrected chi connectivity index (χ4v) is 3.64. The zero-order chi connectivity index (χ0) is 28.2. The average molecular weight is 531 g/mol. The average Bonchev–Trinajstić information content (AvgIpc) is 2.92. The molecule has 3 amide bonds. The topological polar surface area (TPSA) is 111 Å². The number of nitrogens with zero attached hydrogens (tertiary/aromatic N) is 1. The second kappa shape index (κ2) is 28.4. The monoisotopic (exact) mass is 530 g/mol. The Hall–Kier alpha value is -2.16. The Morgan fingerprint density at radius 2 is 1.32 bits per heavy atom. The van der Waals surface area contributed by atoms with Gasteiger partial charge in [-0.2, -0.15) is 0 Å². The van der Waals surface area contributed by atoms with Crippen LogP contribution in [0.3, 0.4) is 0 Å². The van der Waals surface area contributed by atoms with Gasteiger partial charge in [0.2, 0.25) is 5.91 Å². The molecule has 0 spiro atoms. The summed E-state index contributed by atoms with van der Waals surface area (Å²) in [6.45, 7) is 10.6. The lowest BCUT2D eigenvalue weighted by Gasteiger charge is -2.17. The molecule has 37 heavy (non-hydrogen) atoms. The lowest BCUT2D eigenvalue weighted by molar-refractivity contribution is -0.176. The number of imide groups is 1. The molecule has 0 radical (unpaired) electrons. The first-order valence-corrected chi connectivity index (χ1v) is 14.5. The summed E-state index contributed by atoms with van der Waals surface area (Å²) < 4.78 is 10.1. The van der Waals surface area contributed by atoms with Crippen LogP contribution in [0.4, 0.5) is 4.79 Å². The highest BCUT2D eigenvalue weighted by Gasteiger charge is 2.18. The van der Waals surface area contributed by atoms with Gasteiger partial charge >= 0.3 is 6.16 Å². The Bertz CT molecular complexity index is 573. The maximum Gasteiger partial charge on any atom is 0.534 e.